The van der Waals surface area contributed by atoms with E-state index in [0.29, 0.717) is 0 Å². The molecule has 0 saturated carbocycles. The number of rotatable bonds is 2. The van der Waals surface area contributed by atoms with Gasteiger partial charge in [-0.2, -0.15) is 0 Å². The van der Waals surface area contributed by atoms with Crippen LogP contribution >= 0.6 is 11.3 Å². The van der Waals surface area contributed by atoms with Crippen molar-refractivity contribution >= 4 is 22.4 Å². The largest absolute Gasteiger partial charge is 0.323 e. The second-order valence-corrected chi connectivity index (χ2v) is 5.60. The van der Waals surface area contributed by atoms with E-state index in [1.165, 1.54) is 0 Å². The van der Waals surface area contributed by atoms with Crippen molar-refractivity contribution in [1.29, 1.82) is 0 Å². The van der Waals surface area contributed by atoms with Crippen LogP contribution in [0, 0.1) is 0 Å². The first-order valence-corrected chi connectivity index (χ1v) is 7.41. The van der Waals surface area contributed by atoms with E-state index >= 15 is 0 Å². The fourth-order valence-corrected chi connectivity index (χ4v) is 3.15. The summed E-state index contributed by atoms with van der Waals surface area (Å²) in [4.78, 5) is 21.5. The number of benzene rings is 2. The third-order valence-corrected chi connectivity index (χ3v) is 4.23. The maximum Gasteiger partial charge on any atom is 0.323 e. The molecule has 2 heterocycles. The van der Waals surface area contributed by atoms with Crippen molar-refractivity contribution in [3.8, 4) is 21.8 Å². The lowest BCUT2D eigenvalue weighted by Gasteiger charge is -1.97. The Morgan fingerprint density at radius 3 is 2.57 bits per heavy atom. The van der Waals surface area contributed by atoms with Gasteiger partial charge in [-0.05, 0) is 12.1 Å². The molecular weight excluding hydrogens is 282 g/mol. The Labute approximate surface area is 124 Å². The Morgan fingerprint density at radius 2 is 1.71 bits per heavy atom. The molecular formula is C16H11N3OS. The average Bonchev–Trinajstić information content (AvgIpc) is 3.12. The number of thiazole rings is 1. The molecule has 4 aromatic rings. The van der Waals surface area contributed by atoms with Crippen LogP contribution in [-0.4, -0.2) is 15.0 Å². The summed E-state index contributed by atoms with van der Waals surface area (Å²) in [6, 6.07) is 15.9. The van der Waals surface area contributed by atoms with Gasteiger partial charge in [0.2, 0.25) is 0 Å². The quantitative estimate of drug-likeness (QED) is 0.592. The number of imidazole rings is 1. The lowest BCUT2D eigenvalue weighted by Crippen LogP contribution is -1.99. The zero-order valence-electron chi connectivity index (χ0n) is 11.0. The zero-order chi connectivity index (χ0) is 14.2. The fourth-order valence-electron chi connectivity index (χ4n) is 2.31. The van der Waals surface area contributed by atoms with Crippen molar-refractivity contribution in [3.05, 3.63) is 64.4 Å². The zero-order valence-corrected chi connectivity index (χ0v) is 11.8. The third kappa shape index (κ3) is 2.17. The number of hydrogen-bond acceptors (Lipinski definition) is 3. The Balaban J connectivity index is 1.78. The SMILES string of the molecule is O=c1[nH]c2ccc(-c3csc(-c4ccccc4)n3)cc2[nH]1. The molecule has 0 radical (unpaired) electrons. The number of H-pyrrole nitrogens is 2. The van der Waals surface area contributed by atoms with Crippen LogP contribution in [0.1, 0.15) is 0 Å². The molecule has 5 heteroatoms. The van der Waals surface area contributed by atoms with Gasteiger partial charge in [0.1, 0.15) is 5.01 Å². The average molecular weight is 293 g/mol. The van der Waals surface area contributed by atoms with Crippen LogP contribution in [0.15, 0.2) is 58.7 Å². The number of fused-ring (bicyclic) bond motifs is 1. The van der Waals surface area contributed by atoms with E-state index in [1.54, 1.807) is 11.3 Å². The number of nitrogens with zero attached hydrogens (tertiary/aromatic N) is 1. The maximum absolute atomic E-state index is 11.3. The molecule has 0 bridgehead atoms. The van der Waals surface area contributed by atoms with Crippen LogP contribution in [0.4, 0.5) is 0 Å². The number of aromatic nitrogens is 3. The maximum atomic E-state index is 11.3. The van der Waals surface area contributed by atoms with Crippen LogP contribution in [0.2, 0.25) is 0 Å². The van der Waals surface area contributed by atoms with Gasteiger partial charge in [0.15, 0.2) is 0 Å². The monoisotopic (exact) mass is 293 g/mol. The molecule has 21 heavy (non-hydrogen) atoms. The lowest BCUT2D eigenvalue weighted by molar-refractivity contribution is 1.21. The highest BCUT2D eigenvalue weighted by molar-refractivity contribution is 7.13. The number of nitrogens with one attached hydrogen (secondary N) is 2. The van der Waals surface area contributed by atoms with Gasteiger partial charge in [0.05, 0.1) is 16.7 Å². The second-order valence-electron chi connectivity index (χ2n) is 4.74. The smallest absolute Gasteiger partial charge is 0.306 e. The minimum Gasteiger partial charge on any atom is -0.306 e. The van der Waals surface area contributed by atoms with Gasteiger partial charge >= 0.3 is 5.69 Å². The Morgan fingerprint density at radius 1 is 0.905 bits per heavy atom. The van der Waals surface area contributed by atoms with Gasteiger partial charge in [0, 0.05) is 16.5 Å². The Kier molecular flexibility index (Phi) is 2.72. The molecule has 2 aromatic heterocycles. The molecule has 2 aromatic carbocycles. The van der Waals surface area contributed by atoms with E-state index in [4.69, 9.17) is 0 Å². The van der Waals surface area contributed by atoms with Crippen LogP contribution < -0.4 is 5.69 Å². The molecule has 0 saturated heterocycles. The van der Waals surface area contributed by atoms with E-state index in [0.717, 1.165) is 32.9 Å². The van der Waals surface area contributed by atoms with Crippen molar-refractivity contribution < 1.29 is 0 Å². The van der Waals surface area contributed by atoms with E-state index in [2.05, 4.69) is 27.1 Å². The topological polar surface area (TPSA) is 61.5 Å². The first-order valence-electron chi connectivity index (χ1n) is 6.53. The first-order chi connectivity index (χ1) is 10.3. The summed E-state index contributed by atoms with van der Waals surface area (Å²) in [5.41, 5.74) is 4.45. The standard InChI is InChI=1S/C16H11N3OS/c20-16-18-12-7-6-11(8-13(12)19-16)14-9-21-15(17-14)10-4-2-1-3-5-10/h1-9H,(H2,18,19,20). The van der Waals surface area contributed by atoms with Crippen molar-refractivity contribution in [1.82, 2.24) is 15.0 Å². The number of aromatic amines is 2. The molecule has 0 spiro atoms. The molecule has 0 atom stereocenters. The molecule has 0 amide bonds. The van der Waals surface area contributed by atoms with Gasteiger partial charge in [0.25, 0.3) is 0 Å². The van der Waals surface area contributed by atoms with Gasteiger partial charge in [-0.3, -0.25) is 0 Å². The van der Waals surface area contributed by atoms with Crippen molar-refractivity contribution in [2.45, 2.75) is 0 Å². The fraction of sp³-hybridized carbons (Fsp3) is 0. The summed E-state index contributed by atoms with van der Waals surface area (Å²) in [5.74, 6) is 0. The minimum absolute atomic E-state index is 0.189. The van der Waals surface area contributed by atoms with Gasteiger partial charge < -0.3 is 9.97 Å². The van der Waals surface area contributed by atoms with E-state index in [-0.39, 0.29) is 5.69 Å². The molecule has 4 rings (SSSR count). The second kappa shape index (κ2) is 4.71. The van der Waals surface area contributed by atoms with Gasteiger partial charge in [-0.25, -0.2) is 9.78 Å². The van der Waals surface area contributed by atoms with Crippen molar-refractivity contribution in [2.75, 3.05) is 0 Å². The summed E-state index contributed by atoms with van der Waals surface area (Å²) in [5, 5.41) is 3.03. The highest BCUT2D eigenvalue weighted by atomic mass is 32.1. The van der Waals surface area contributed by atoms with Crippen LogP contribution in [0.3, 0.4) is 0 Å². The molecule has 102 valence electrons. The molecule has 0 aliphatic carbocycles. The summed E-state index contributed by atoms with van der Waals surface area (Å²) in [6.45, 7) is 0. The highest BCUT2D eigenvalue weighted by Crippen LogP contribution is 2.29. The Bertz CT molecular complexity index is 966. The Hall–Kier alpha value is -2.66. The summed E-state index contributed by atoms with van der Waals surface area (Å²) in [7, 11) is 0. The highest BCUT2D eigenvalue weighted by Gasteiger charge is 2.08. The predicted octanol–water partition coefficient (Wildman–Crippen LogP) is 3.65. The minimum atomic E-state index is -0.189. The van der Waals surface area contributed by atoms with Crippen molar-refractivity contribution in [2.24, 2.45) is 0 Å². The van der Waals surface area contributed by atoms with E-state index < -0.39 is 0 Å². The lowest BCUT2D eigenvalue weighted by atomic mass is 10.1. The predicted molar refractivity (Wildman–Crippen MR) is 85.5 cm³/mol. The van der Waals surface area contributed by atoms with Gasteiger partial charge in [-0.1, -0.05) is 36.4 Å². The molecule has 2 N–H and O–H groups in total. The van der Waals surface area contributed by atoms with Crippen molar-refractivity contribution in [3.63, 3.8) is 0 Å². The third-order valence-electron chi connectivity index (χ3n) is 3.34. The summed E-state index contributed by atoms with van der Waals surface area (Å²) in [6.07, 6.45) is 0. The molecule has 4 nitrogen and oxygen atoms in total. The molecule has 0 unspecified atom stereocenters. The van der Waals surface area contributed by atoms with Crippen LogP contribution in [0.5, 0.6) is 0 Å². The van der Waals surface area contributed by atoms with E-state index in [9.17, 15) is 4.79 Å². The van der Waals surface area contributed by atoms with E-state index in [1.807, 2.05) is 41.8 Å². The molecule has 0 aliphatic rings. The van der Waals surface area contributed by atoms with Gasteiger partial charge in [-0.15, -0.1) is 11.3 Å². The first kappa shape index (κ1) is 12.1. The molecule has 0 aliphatic heterocycles. The summed E-state index contributed by atoms with van der Waals surface area (Å²) >= 11 is 1.62. The number of hydrogen-bond donors (Lipinski definition) is 2. The van der Waals surface area contributed by atoms with Crippen LogP contribution in [0.25, 0.3) is 32.9 Å². The van der Waals surface area contributed by atoms with Crippen LogP contribution in [-0.2, 0) is 0 Å². The summed E-state index contributed by atoms with van der Waals surface area (Å²) < 4.78 is 0. The molecule has 0 fully saturated rings. The normalized spacial score (nSPS) is 11.0.